The summed E-state index contributed by atoms with van der Waals surface area (Å²) < 4.78 is 0. The minimum absolute atomic E-state index is 0.187. The van der Waals surface area contributed by atoms with Gasteiger partial charge in [-0.15, -0.1) is 0 Å². The summed E-state index contributed by atoms with van der Waals surface area (Å²) >= 11 is 0. The molecular formula is C12H21N5O. The number of nitrogens with two attached hydrogens (primary N) is 1. The molecule has 0 atom stereocenters. The molecule has 0 radical (unpaired) electrons. The zero-order valence-corrected chi connectivity index (χ0v) is 10.5. The van der Waals surface area contributed by atoms with Crippen LogP contribution < -0.4 is 11.3 Å². The third kappa shape index (κ3) is 3.38. The molecular weight excluding hydrogens is 230 g/mol. The highest BCUT2D eigenvalue weighted by Gasteiger charge is 2.22. The first kappa shape index (κ1) is 13.2. The molecule has 1 fully saturated rings. The van der Waals surface area contributed by atoms with Gasteiger partial charge in [-0.1, -0.05) is 12.8 Å². The van der Waals surface area contributed by atoms with Gasteiger partial charge < -0.3 is 10.5 Å². The molecule has 0 amide bonds. The van der Waals surface area contributed by atoms with E-state index in [1.807, 2.05) is 0 Å². The molecule has 6 heteroatoms. The Hall–Kier alpha value is -1.24. The van der Waals surface area contributed by atoms with Crippen LogP contribution in [-0.2, 0) is 6.54 Å². The van der Waals surface area contributed by atoms with E-state index in [4.69, 9.17) is 10.9 Å². The minimum Gasteiger partial charge on any atom is -0.395 e. The van der Waals surface area contributed by atoms with E-state index in [1.165, 1.54) is 25.7 Å². The molecule has 0 saturated heterocycles. The van der Waals surface area contributed by atoms with Gasteiger partial charge in [0.15, 0.2) is 5.82 Å². The summed E-state index contributed by atoms with van der Waals surface area (Å²) in [6.45, 7) is 1.62. The Bertz CT molecular complexity index is 350. The summed E-state index contributed by atoms with van der Waals surface area (Å²) in [6.07, 6.45) is 8.37. The van der Waals surface area contributed by atoms with Crippen molar-refractivity contribution in [3.8, 4) is 0 Å². The molecule has 1 aromatic heterocycles. The van der Waals surface area contributed by atoms with E-state index >= 15 is 0 Å². The molecule has 0 aliphatic heterocycles. The Kier molecular flexibility index (Phi) is 4.86. The molecule has 18 heavy (non-hydrogen) atoms. The Labute approximate surface area is 107 Å². The maximum absolute atomic E-state index is 9.15. The minimum atomic E-state index is 0.187. The summed E-state index contributed by atoms with van der Waals surface area (Å²) in [5, 5.41) is 9.15. The summed E-state index contributed by atoms with van der Waals surface area (Å²) in [4.78, 5) is 10.8. The summed E-state index contributed by atoms with van der Waals surface area (Å²) in [5.41, 5.74) is 3.37. The van der Waals surface area contributed by atoms with Crippen LogP contribution in [-0.4, -0.2) is 39.2 Å². The first-order valence-corrected chi connectivity index (χ1v) is 6.46. The number of hydrogen-bond donors (Lipinski definition) is 3. The number of aliphatic hydroxyl groups is 1. The van der Waals surface area contributed by atoms with Gasteiger partial charge in [0.05, 0.1) is 24.7 Å². The molecule has 1 aromatic rings. The second kappa shape index (κ2) is 6.63. The highest BCUT2D eigenvalue weighted by molar-refractivity contribution is 5.28. The van der Waals surface area contributed by atoms with Crippen molar-refractivity contribution in [2.45, 2.75) is 38.3 Å². The first-order chi connectivity index (χ1) is 8.83. The molecule has 1 saturated carbocycles. The van der Waals surface area contributed by atoms with Crippen LogP contribution in [0.15, 0.2) is 12.4 Å². The van der Waals surface area contributed by atoms with Gasteiger partial charge in [0, 0.05) is 19.1 Å². The first-order valence-electron chi connectivity index (χ1n) is 6.46. The highest BCUT2D eigenvalue weighted by atomic mass is 16.3. The topological polar surface area (TPSA) is 87.3 Å². The van der Waals surface area contributed by atoms with Crippen LogP contribution in [0.1, 0.15) is 31.4 Å². The van der Waals surface area contributed by atoms with Crippen LogP contribution in [0, 0.1) is 0 Å². The number of aromatic nitrogens is 2. The predicted molar refractivity (Wildman–Crippen MR) is 69.6 cm³/mol. The van der Waals surface area contributed by atoms with E-state index < -0.39 is 0 Å². The molecule has 4 N–H and O–H groups in total. The fraction of sp³-hybridized carbons (Fsp3) is 0.667. The molecule has 6 nitrogen and oxygen atoms in total. The average Bonchev–Trinajstić information content (AvgIpc) is 2.93. The van der Waals surface area contributed by atoms with Gasteiger partial charge in [-0.3, -0.25) is 9.88 Å². The molecule has 0 bridgehead atoms. The summed E-state index contributed by atoms with van der Waals surface area (Å²) in [6, 6.07) is 0.575. The molecule has 0 aromatic carbocycles. The van der Waals surface area contributed by atoms with Gasteiger partial charge in [0.25, 0.3) is 0 Å². The largest absolute Gasteiger partial charge is 0.395 e. The molecule has 2 rings (SSSR count). The van der Waals surface area contributed by atoms with Gasteiger partial charge in [0.2, 0.25) is 0 Å². The van der Waals surface area contributed by atoms with E-state index in [2.05, 4.69) is 20.3 Å². The van der Waals surface area contributed by atoms with Crippen molar-refractivity contribution >= 4 is 5.82 Å². The van der Waals surface area contributed by atoms with Crippen LogP contribution in [0.4, 0.5) is 5.82 Å². The van der Waals surface area contributed by atoms with Crippen molar-refractivity contribution in [2.24, 2.45) is 5.84 Å². The highest BCUT2D eigenvalue weighted by Crippen LogP contribution is 2.24. The van der Waals surface area contributed by atoms with Gasteiger partial charge >= 0.3 is 0 Å². The zero-order chi connectivity index (χ0) is 12.8. The van der Waals surface area contributed by atoms with E-state index in [0.29, 0.717) is 18.4 Å². The number of nitrogens with one attached hydrogen (secondary N) is 1. The fourth-order valence-electron chi connectivity index (χ4n) is 2.51. The Morgan fingerprint density at radius 3 is 2.67 bits per heavy atom. The van der Waals surface area contributed by atoms with Crippen molar-refractivity contribution in [1.29, 1.82) is 0 Å². The van der Waals surface area contributed by atoms with Crippen molar-refractivity contribution in [3.63, 3.8) is 0 Å². The van der Waals surface area contributed by atoms with Crippen LogP contribution in [0.5, 0.6) is 0 Å². The van der Waals surface area contributed by atoms with Crippen LogP contribution in [0.25, 0.3) is 0 Å². The van der Waals surface area contributed by atoms with Crippen molar-refractivity contribution < 1.29 is 5.11 Å². The van der Waals surface area contributed by atoms with E-state index in [1.54, 1.807) is 12.4 Å². The quantitative estimate of drug-likeness (QED) is 0.504. The van der Waals surface area contributed by atoms with Gasteiger partial charge in [0.1, 0.15) is 0 Å². The lowest BCUT2D eigenvalue weighted by Gasteiger charge is -2.27. The monoisotopic (exact) mass is 251 g/mol. The number of nitrogens with zero attached hydrogens (tertiary/aromatic N) is 3. The van der Waals surface area contributed by atoms with E-state index in [9.17, 15) is 0 Å². The molecule has 0 unspecified atom stereocenters. The molecule has 1 heterocycles. The maximum atomic E-state index is 9.15. The normalized spacial score (nSPS) is 16.4. The second-order valence-electron chi connectivity index (χ2n) is 4.67. The fourth-order valence-corrected chi connectivity index (χ4v) is 2.51. The molecule has 0 spiro atoms. The van der Waals surface area contributed by atoms with Crippen LogP contribution in [0.2, 0.25) is 0 Å². The third-order valence-corrected chi connectivity index (χ3v) is 3.45. The Morgan fingerprint density at radius 1 is 1.33 bits per heavy atom. The Balaban J connectivity index is 1.98. The number of rotatable bonds is 6. The lowest BCUT2D eigenvalue weighted by Crippen LogP contribution is -2.35. The van der Waals surface area contributed by atoms with E-state index in [-0.39, 0.29) is 6.61 Å². The molecule has 1 aliphatic rings. The zero-order valence-electron chi connectivity index (χ0n) is 10.5. The number of aliphatic hydroxyl groups excluding tert-OH is 1. The summed E-state index contributed by atoms with van der Waals surface area (Å²) in [7, 11) is 0. The lowest BCUT2D eigenvalue weighted by atomic mass is 10.2. The van der Waals surface area contributed by atoms with Gasteiger partial charge in [-0.05, 0) is 12.8 Å². The average molecular weight is 251 g/mol. The number of hydrogen-bond acceptors (Lipinski definition) is 6. The number of anilines is 1. The lowest BCUT2D eigenvalue weighted by molar-refractivity contribution is 0.143. The molecule has 100 valence electrons. The maximum Gasteiger partial charge on any atom is 0.158 e. The smallest absolute Gasteiger partial charge is 0.158 e. The van der Waals surface area contributed by atoms with Crippen molar-refractivity contribution in [2.75, 3.05) is 18.6 Å². The molecule has 1 aliphatic carbocycles. The predicted octanol–water partition coefficient (Wildman–Crippen LogP) is 0.499. The number of hydrazine groups is 1. The standard InChI is InChI=1S/C12H21N5O/c13-16-12-8-14-10(7-15-12)9-17(5-6-18)11-3-1-2-4-11/h7-8,11,18H,1-6,9,13H2,(H,15,16). The second-order valence-corrected chi connectivity index (χ2v) is 4.67. The van der Waals surface area contributed by atoms with Crippen molar-refractivity contribution in [3.05, 3.63) is 18.1 Å². The Morgan fingerprint density at radius 2 is 2.11 bits per heavy atom. The SMILES string of the molecule is NNc1cnc(CN(CCO)C2CCCC2)cn1. The van der Waals surface area contributed by atoms with Crippen LogP contribution in [0.3, 0.4) is 0 Å². The third-order valence-electron chi connectivity index (χ3n) is 3.45. The van der Waals surface area contributed by atoms with Gasteiger partial charge in [-0.2, -0.15) is 0 Å². The van der Waals surface area contributed by atoms with Crippen molar-refractivity contribution in [1.82, 2.24) is 14.9 Å². The van der Waals surface area contributed by atoms with Gasteiger partial charge in [-0.25, -0.2) is 10.8 Å². The van der Waals surface area contributed by atoms with Crippen LogP contribution >= 0.6 is 0 Å². The summed E-state index contributed by atoms with van der Waals surface area (Å²) in [5.74, 6) is 5.82. The number of nitrogen functional groups attached to an aromatic ring is 1. The van der Waals surface area contributed by atoms with E-state index in [0.717, 1.165) is 12.2 Å².